The van der Waals surface area contributed by atoms with Crippen LogP contribution in [-0.2, 0) is 0 Å². The molecule has 18 heavy (non-hydrogen) atoms. The molecule has 1 rings (SSSR count). The van der Waals surface area contributed by atoms with Crippen LogP contribution >= 0.6 is 0 Å². The smallest absolute Gasteiger partial charge is 0.130 e. The van der Waals surface area contributed by atoms with E-state index in [4.69, 9.17) is 5.26 Å². The topological polar surface area (TPSA) is 39.9 Å². The molecule has 1 heterocycles. The summed E-state index contributed by atoms with van der Waals surface area (Å²) in [5.41, 5.74) is 1.60. The van der Waals surface area contributed by atoms with Gasteiger partial charge in [0.25, 0.3) is 0 Å². The van der Waals surface area contributed by atoms with E-state index >= 15 is 0 Å². The van der Waals surface area contributed by atoms with E-state index in [9.17, 15) is 0 Å². The minimum Gasteiger partial charge on any atom is -0.357 e. The maximum Gasteiger partial charge on any atom is 0.130 e. The van der Waals surface area contributed by atoms with Gasteiger partial charge in [-0.15, -0.1) is 0 Å². The van der Waals surface area contributed by atoms with Gasteiger partial charge in [-0.3, -0.25) is 0 Å². The highest BCUT2D eigenvalue weighted by Crippen LogP contribution is 2.18. The van der Waals surface area contributed by atoms with Crippen molar-refractivity contribution in [1.29, 1.82) is 5.26 Å². The number of pyridine rings is 1. The lowest BCUT2D eigenvalue weighted by Crippen LogP contribution is -2.29. The Kier molecular flexibility index (Phi) is 5.64. The van der Waals surface area contributed by atoms with Crippen LogP contribution in [0.25, 0.3) is 0 Å². The van der Waals surface area contributed by atoms with Crippen molar-refractivity contribution < 1.29 is 0 Å². The Labute approximate surface area is 110 Å². The predicted molar refractivity (Wildman–Crippen MR) is 75.6 cm³/mol. The van der Waals surface area contributed by atoms with Gasteiger partial charge >= 0.3 is 0 Å². The summed E-state index contributed by atoms with van der Waals surface area (Å²) in [6.45, 7) is 10.5. The molecular formula is C15H23N3. The Morgan fingerprint density at radius 2 is 1.94 bits per heavy atom. The second-order valence-electron chi connectivity index (χ2n) is 4.69. The fourth-order valence-electron chi connectivity index (χ4n) is 2.12. The molecule has 0 aliphatic carbocycles. The molecule has 0 radical (unpaired) electrons. The summed E-state index contributed by atoms with van der Waals surface area (Å²) in [5, 5.41) is 9.02. The Balaban J connectivity index is 2.94. The van der Waals surface area contributed by atoms with E-state index in [0.29, 0.717) is 11.5 Å². The second kappa shape index (κ2) is 7.00. The lowest BCUT2D eigenvalue weighted by molar-refractivity contribution is 0.484. The summed E-state index contributed by atoms with van der Waals surface area (Å²) < 4.78 is 0. The molecule has 0 aromatic carbocycles. The molecule has 0 saturated carbocycles. The van der Waals surface area contributed by atoms with Gasteiger partial charge in [-0.05, 0) is 31.9 Å². The zero-order valence-corrected chi connectivity index (χ0v) is 11.9. The molecule has 1 aromatic heterocycles. The van der Waals surface area contributed by atoms with Crippen LogP contribution in [0.3, 0.4) is 0 Å². The third-order valence-corrected chi connectivity index (χ3v) is 3.41. The molecule has 0 spiro atoms. The summed E-state index contributed by atoms with van der Waals surface area (Å²) >= 11 is 0. The van der Waals surface area contributed by atoms with Crippen LogP contribution in [0.1, 0.15) is 44.9 Å². The van der Waals surface area contributed by atoms with Crippen LogP contribution in [-0.4, -0.2) is 18.1 Å². The van der Waals surface area contributed by atoms with Gasteiger partial charge in [0.15, 0.2) is 0 Å². The number of aromatic nitrogens is 1. The Morgan fingerprint density at radius 3 is 2.44 bits per heavy atom. The Morgan fingerprint density at radius 1 is 1.28 bits per heavy atom. The number of hydrogen-bond acceptors (Lipinski definition) is 3. The standard InChI is InChI=1S/C15H23N3/c1-5-13(6-2)11-18(7-3)15-9-14(10-16)8-12(4)17-15/h8-9,13H,5-7,11H2,1-4H3. The lowest BCUT2D eigenvalue weighted by Gasteiger charge is -2.26. The molecule has 0 amide bonds. The molecule has 0 aliphatic heterocycles. The molecule has 0 aliphatic rings. The van der Waals surface area contributed by atoms with Gasteiger partial charge in [0.05, 0.1) is 11.6 Å². The molecular weight excluding hydrogens is 222 g/mol. The number of hydrogen-bond donors (Lipinski definition) is 0. The molecule has 0 N–H and O–H groups in total. The summed E-state index contributed by atoms with van der Waals surface area (Å²) in [4.78, 5) is 6.82. The maximum atomic E-state index is 9.02. The third-order valence-electron chi connectivity index (χ3n) is 3.41. The quantitative estimate of drug-likeness (QED) is 0.769. The van der Waals surface area contributed by atoms with Gasteiger partial charge in [-0.1, -0.05) is 26.7 Å². The van der Waals surface area contributed by atoms with E-state index < -0.39 is 0 Å². The number of nitriles is 1. The number of rotatable bonds is 6. The number of aryl methyl sites for hydroxylation is 1. The third kappa shape index (κ3) is 3.73. The fourth-order valence-corrected chi connectivity index (χ4v) is 2.12. The van der Waals surface area contributed by atoms with E-state index in [1.807, 2.05) is 19.1 Å². The predicted octanol–water partition coefficient (Wildman–Crippen LogP) is 3.52. The summed E-state index contributed by atoms with van der Waals surface area (Å²) in [6.07, 6.45) is 2.37. The highest BCUT2D eigenvalue weighted by atomic mass is 15.2. The molecule has 98 valence electrons. The van der Waals surface area contributed by atoms with Gasteiger partial charge in [0.1, 0.15) is 5.82 Å². The minimum absolute atomic E-state index is 0.692. The molecule has 0 atom stereocenters. The number of nitrogens with zero attached hydrogens (tertiary/aromatic N) is 3. The van der Waals surface area contributed by atoms with Crippen molar-refractivity contribution in [2.24, 2.45) is 5.92 Å². The normalized spacial score (nSPS) is 10.4. The summed E-state index contributed by atoms with van der Waals surface area (Å²) in [5.74, 6) is 1.62. The molecule has 0 unspecified atom stereocenters. The van der Waals surface area contributed by atoms with E-state index in [1.54, 1.807) is 0 Å². The van der Waals surface area contributed by atoms with Crippen molar-refractivity contribution in [2.75, 3.05) is 18.0 Å². The van der Waals surface area contributed by atoms with Crippen LogP contribution in [0.15, 0.2) is 12.1 Å². The zero-order chi connectivity index (χ0) is 13.5. The van der Waals surface area contributed by atoms with Crippen molar-refractivity contribution in [3.63, 3.8) is 0 Å². The van der Waals surface area contributed by atoms with Gasteiger partial charge in [0, 0.05) is 18.8 Å². The molecule has 1 aromatic rings. The number of anilines is 1. The summed E-state index contributed by atoms with van der Waals surface area (Å²) in [6, 6.07) is 5.92. The largest absolute Gasteiger partial charge is 0.357 e. The van der Waals surface area contributed by atoms with Crippen molar-refractivity contribution in [2.45, 2.75) is 40.5 Å². The van der Waals surface area contributed by atoms with E-state index in [2.05, 4.69) is 36.7 Å². The van der Waals surface area contributed by atoms with Crippen molar-refractivity contribution in [3.8, 4) is 6.07 Å². The molecule has 3 heteroatoms. The first kappa shape index (κ1) is 14.5. The first-order valence-electron chi connectivity index (χ1n) is 6.78. The Bertz CT molecular complexity index is 416. The van der Waals surface area contributed by atoms with Gasteiger partial charge in [0.2, 0.25) is 0 Å². The highest BCUT2D eigenvalue weighted by molar-refractivity contribution is 5.46. The lowest BCUT2D eigenvalue weighted by atomic mass is 10.0. The Hall–Kier alpha value is -1.56. The maximum absolute atomic E-state index is 9.02. The minimum atomic E-state index is 0.692. The molecule has 3 nitrogen and oxygen atoms in total. The van der Waals surface area contributed by atoms with E-state index in [0.717, 1.165) is 24.6 Å². The highest BCUT2D eigenvalue weighted by Gasteiger charge is 2.12. The zero-order valence-electron chi connectivity index (χ0n) is 11.9. The van der Waals surface area contributed by atoms with Crippen molar-refractivity contribution in [3.05, 3.63) is 23.4 Å². The van der Waals surface area contributed by atoms with E-state index in [-0.39, 0.29) is 0 Å². The van der Waals surface area contributed by atoms with Gasteiger partial charge in [-0.25, -0.2) is 4.98 Å². The summed E-state index contributed by atoms with van der Waals surface area (Å²) in [7, 11) is 0. The second-order valence-corrected chi connectivity index (χ2v) is 4.69. The van der Waals surface area contributed by atoms with Crippen LogP contribution in [0.2, 0.25) is 0 Å². The first-order chi connectivity index (χ1) is 8.64. The van der Waals surface area contributed by atoms with Crippen molar-refractivity contribution in [1.82, 2.24) is 4.98 Å². The monoisotopic (exact) mass is 245 g/mol. The van der Waals surface area contributed by atoms with Gasteiger partial charge < -0.3 is 4.90 Å². The first-order valence-corrected chi connectivity index (χ1v) is 6.78. The van der Waals surface area contributed by atoms with Crippen LogP contribution in [0.4, 0.5) is 5.82 Å². The van der Waals surface area contributed by atoms with Crippen LogP contribution in [0.5, 0.6) is 0 Å². The van der Waals surface area contributed by atoms with Gasteiger partial charge in [-0.2, -0.15) is 5.26 Å². The molecule has 0 bridgehead atoms. The van der Waals surface area contributed by atoms with Crippen molar-refractivity contribution >= 4 is 5.82 Å². The molecule has 0 saturated heterocycles. The van der Waals surface area contributed by atoms with Crippen LogP contribution in [0, 0.1) is 24.2 Å². The average molecular weight is 245 g/mol. The SMILES string of the molecule is CCC(CC)CN(CC)c1cc(C#N)cc(C)n1. The average Bonchev–Trinajstić information content (AvgIpc) is 2.39. The molecule has 0 fully saturated rings. The fraction of sp³-hybridized carbons (Fsp3) is 0.600. The van der Waals surface area contributed by atoms with Crippen LogP contribution < -0.4 is 4.90 Å². The van der Waals surface area contributed by atoms with E-state index in [1.165, 1.54) is 12.8 Å².